The van der Waals surface area contributed by atoms with Crippen molar-refractivity contribution in [2.45, 2.75) is 65.1 Å². The molecule has 1 unspecified atom stereocenters. The second-order valence-corrected chi connectivity index (χ2v) is 6.52. The topological polar surface area (TPSA) is 62.3 Å². The molecule has 1 fully saturated rings. The van der Waals surface area contributed by atoms with Crippen molar-refractivity contribution < 1.29 is 9.59 Å². The summed E-state index contributed by atoms with van der Waals surface area (Å²) in [6.45, 7) is 8.19. The Kier molecular flexibility index (Phi) is 4.66. The lowest BCUT2D eigenvalue weighted by Gasteiger charge is -2.47. The number of aromatic nitrogens is 1. The Balaban J connectivity index is 2.37. The molecular weight excluding hydrogens is 286 g/mol. The van der Waals surface area contributed by atoms with Crippen molar-refractivity contribution in [2.75, 3.05) is 0 Å². The van der Waals surface area contributed by atoms with Crippen molar-refractivity contribution in [3.63, 3.8) is 0 Å². The number of amides is 2. The molecule has 2 amide bonds. The fourth-order valence-corrected chi connectivity index (χ4v) is 3.58. The molecule has 1 aromatic rings. The van der Waals surface area contributed by atoms with Crippen LogP contribution < -0.4 is 5.32 Å². The van der Waals surface area contributed by atoms with E-state index in [4.69, 9.17) is 0 Å². The number of piperazine rings is 1. The van der Waals surface area contributed by atoms with Crippen molar-refractivity contribution >= 4 is 23.2 Å². The van der Waals surface area contributed by atoms with Crippen molar-refractivity contribution in [3.05, 3.63) is 16.1 Å². The second kappa shape index (κ2) is 6.13. The molecule has 21 heavy (non-hydrogen) atoms. The van der Waals surface area contributed by atoms with Crippen LogP contribution in [-0.4, -0.2) is 33.3 Å². The second-order valence-electron chi connectivity index (χ2n) is 5.46. The van der Waals surface area contributed by atoms with Crippen LogP contribution in [0.25, 0.3) is 0 Å². The predicted molar refractivity (Wildman–Crippen MR) is 82.9 cm³/mol. The number of nitrogens with zero attached hydrogens (tertiary/aromatic N) is 2. The lowest BCUT2D eigenvalue weighted by atomic mass is 9.85. The van der Waals surface area contributed by atoms with E-state index in [0.717, 1.165) is 10.7 Å². The van der Waals surface area contributed by atoms with Gasteiger partial charge < -0.3 is 10.2 Å². The molecule has 116 valence electrons. The summed E-state index contributed by atoms with van der Waals surface area (Å²) in [6, 6.07) is -0.413. The molecule has 1 N–H and O–H groups in total. The van der Waals surface area contributed by atoms with E-state index in [0.29, 0.717) is 25.8 Å². The van der Waals surface area contributed by atoms with E-state index in [-0.39, 0.29) is 11.8 Å². The zero-order valence-electron chi connectivity index (χ0n) is 13.1. The quantitative estimate of drug-likeness (QED) is 0.907. The van der Waals surface area contributed by atoms with Crippen LogP contribution in [0.15, 0.2) is 5.38 Å². The summed E-state index contributed by atoms with van der Waals surface area (Å²) in [4.78, 5) is 31.5. The molecule has 5 nitrogen and oxygen atoms in total. The van der Waals surface area contributed by atoms with Crippen LogP contribution in [-0.2, 0) is 16.1 Å². The minimum absolute atomic E-state index is 0.00598. The molecule has 2 heterocycles. The first-order valence-electron chi connectivity index (χ1n) is 7.51. The highest BCUT2D eigenvalue weighted by Crippen LogP contribution is 2.31. The maximum absolute atomic E-state index is 12.7. The number of carbonyl (C=O) groups is 2. The summed E-state index contributed by atoms with van der Waals surface area (Å²) in [5, 5.41) is 5.82. The number of nitrogens with one attached hydrogen (secondary N) is 1. The van der Waals surface area contributed by atoms with Gasteiger partial charge in [-0.25, -0.2) is 4.98 Å². The highest BCUT2D eigenvalue weighted by molar-refractivity contribution is 7.09. The molecule has 1 aliphatic heterocycles. The van der Waals surface area contributed by atoms with Crippen molar-refractivity contribution in [1.82, 2.24) is 15.2 Å². The Morgan fingerprint density at radius 3 is 2.48 bits per heavy atom. The van der Waals surface area contributed by atoms with E-state index < -0.39 is 11.6 Å². The van der Waals surface area contributed by atoms with Gasteiger partial charge in [0.25, 0.3) is 0 Å². The summed E-state index contributed by atoms with van der Waals surface area (Å²) < 4.78 is 0. The zero-order chi connectivity index (χ0) is 15.6. The molecule has 1 atom stereocenters. The van der Waals surface area contributed by atoms with E-state index in [1.165, 1.54) is 0 Å². The van der Waals surface area contributed by atoms with Gasteiger partial charge in [-0.05, 0) is 26.2 Å². The van der Waals surface area contributed by atoms with Gasteiger partial charge in [-0.1, -0.05) is 20.8 Å². The highest BCUT2D eigenvalue weighted by atomic mass is 32.1. The molecule has 1 aromatic heterocycles. The molecule has 0 aliphatic carbocycles. The molecule has 0 radical (unpaired) electrons. The predicted octanol–water partition coefficient (Wildman–Crippen LogP) is 2.25. The normalized spacial score (nSPS) is 21.5. The van der Waals surface area contributed by atoms with Crippen LogP contribution in [0.1, 0.15) is 50.7 Å². The average Bonchev–Trinajstić information content (AvgIpc) is 2.89. The molecule has 0 bridgehead atoms. The SMILES string of the molecule is CCC1NC(=O)C(CC)(CC)N(Cc2csc(C)n2)C1=O. The first kappa shape index (κ1) is 15.9. The van der Waals surface area contributed by atoms with E-state index >= 15 is 0 Å². The van der Waals surface area contributed by atoms with Gasteiger partial charge in [-0.3, -0.25) is 9.59 Å². The number of thiazole rings is 1. The maximum Gasteiger partial charge on any atom is 0.246 e. The fraction of sp³-hybridized carbons (Fsp3) is 0.667. The van der Waals surface area contributed by atoms with E-state index in [1.807, 2.05) is 33.1 Å². The van der Waals surface area contributed by atoms with Crippen molar-refractivity contribution in [1.29, 1.82) is 0 Å². The molecule has 0 saturated carbocycles. The van der Waals surface area contributed by atoms with E-state index in [9.17, 15) is 9.59 Å². The van der Waals surface area contributed by atoms with Gasteiger partial charge in [0.2, 0.25) is 11.8 Å². The Morgan fingerprint density at radius 2 is 2.00 bits per heavy atom. The number of hydrogen-bond acceptors (Lipinski definition) is 4. The molecule has 6 heteroatoms. The largest absolute Gasteiger partial charge is 0.342 e. The molecule has 1 saturated heterocycles. The third-order valence-electron chi connectivity index (χ3n) is 4.37. The average molecular weight is 309 g/mol. The number of aryl methyl sites for hydroxylation is 1. The first-order chi connectivity index (χ1) is 9.98. The Hall–Kier alpha value is -1.43. The number of carbonyl (C=O) groups excluding carboxylic acids is 2. The fourth-order valence-electron chi connectivity index (χ4n) is 2.98. The summed E-state index contributed by atoms with van der Waals surface area (Å²) in [7, 11) is 0. The monoisotopic (exact) mass is 309 g/mol. The van der Waals surface area contributed by atoms with Crippen LogP contribution in [0.5, 0.6) is 0 Å². The van der Waals surface area contributed by atoms with Crippen LogP contribution >= 0.6 is 11.3 Å². The van der Waals surface area contributed by atoms with Gasteiger partial charge in [0.1, 0.15) is 11.6 Å². The Morgan fingerprint density at radius 1 is 1.33 bits per heavy atom. The van der Waals surface area contributed by atoms with Crippen LogP contribution in [0, 0.1) is 6.92 Å². The van der Waals surface area contributed by atoms with Gasteiger partial charge in [0.05, 0.1) is 17.2 Å². The third kappa shape index (κ3) is 2.69. The zero-order valence-corrected chi connectivity index (χ0v) is 13.9. The summed E-state index contributed by atoms with van der Waals surface area (Å²) in [5.41, 5.74) is 0.113. The van der Waals surface area contributed by atoms with E-state index in [1.54, 1.807) is 16.2 Å². The van der Waals surface area contributed by atoms with Crippen molar-refractivity contribution in [2.24, 2.45) is 0 Å². The minimum atomic E-state index is -0.750. The molecule has 0 spiro atoms. The molecule has 1 aliphatic rings. The summed E-state index contributed by atoms with van der Waals surface area (Å²) >= 11 is 1.57. The third-order valence-corrected chi connectivity index (χ3v) is 5.20. The van der Waals surface area contributed by atoms with Gasteiger partial charge >= 0.3 is 0 Å². The van der Waals surface area contributed by atoms with Crippen molar-refractivity contribution in [3.8, 4) is 0 Å². The van der Waals surface area contributed by atoms with Crippen LogP contribution in [0.4, 0.5) is 0 Å². The standard InChI is InChI=1S/C15H23N3O2S/c1-5-12-13(19)18(8-11-9-21-10(4)16-11)15(6-2,7-3)14(20)17-12/h9,12H,5-8H2,1-4H3,(H,17,20). The minimum Gasteiger partial charge on any atom is -0.342 e. The first-order valence-corrected chi connectivity index (χ1v) is 8.39. The van der Waals surface area contributed by atoms with Gasteiger partial charge in [-0.2, -0.15) is 0 Å². The number of hydrogen-bond donors (Lipinski definition) is 1. The number of rotatable bonds is 5. The van der Waals surface area contributed by atoms with Gasteiger partial charge in [0, 0.05) is 5.38 Å². The molecular formula is C15H23N3O2S. The summed E-state index contributed by atoms with van der Waals surface area (Å²) in [5.74, 6) is -0.0302. The Bertz CT molecular complexity index is 537. The maximum atomic E-state index is 12.7. The lowest BCUT2D eigenvalue weighted by Crippen LogP contribution is -2.69. The Labute approximate surface area is 129 Å². The van der Waals surface area contributed by atoms with Crippen LogP contribution in [0.2, 0.25) is 0 Å². The van der Waals surface area contributed by atoms with Gasteiger partial charge in [0.15, 0.2) is 0 Å². The van der Waals surface area contributed by atoms with Gasteiger partial charge in [-0.15, -0.1) is 11.3 Å². The molecule has 0 aromatic carbocycles. The highest BCUT2D eigenvalue weighted by Gasteiger charge is 2.49. The van der Waals surface area contributed by atoms with Crippen LogP contribution in [0.3, 0.4) is 0 Å². The molecule has 2 rings (SSSR count). The van der Waals surface area contributed by atoms with E-state index in [2.05, 4.69) is 10.3 Å². The lowest BCUT2D eigenvalue weighted by molar-refractivity contribution is -0.159. The summed E-state index contributed by atoms with van der Waals surface area (Å²) in [6.07, 6.45) is 1.84. The smallest absolute Gasteiger partial charge is 0.246 e.